The van der Waals surface area contributed by atoms with Crippen LogP contribution < -0.4 is 5.32 Å². The smallest absolute Gasteiger partial charge is 0.0700 e. The van der Waals surface area contributed by atoms with Gasteiger partial charge >= 0.3 is 0 Å². The number of nitrogens with one attached hydrogen (secondary N) is 1. The van der Waals surface area contributed by atoms with E-state index in [1.165, 1.54) is 30.4 Å². The second-order valence-electron chi connectivity index (χ2n) is 5.84. The first kappa shape index (κ1) is 16.5. The molecule has 0 saturated carbocycles. The highest BCUT2D eigenvalue weighted by atomic mass is 16.5. The van der Waals surface area contributed by atoms with Crippen LogP contribution in [0.2, 0.25) is 0 Å². The molecule has 0 bridgehead atoms. The maximum Gasteiger partial charge on any atom is 0.0700 e. The Morgan fingerprint density at radius 3 is 2.86 bits per heavy atom. The van der Waals surface area contributed by atoms with Crippen molar-refractivity contribution < 1.29 is 9.47 Å². The third-order valence-corrected chi connectivity index (χ3v) is 4.25. The van der Waals surface area contributed by atoms with Gasteiger partial charge in [-0.1, -0.05) is 31.2 Å². The molecule has 0 radical (unpaired) electrons. The number of hydrogen-bond donors (Lipinski definition) is 1. The van der Waals surface area contributed by atoms with E-state index in [2.05, 4.69) is 36.5 Å². The topological polar surface area (TPSA) is 30.5 Å². The molecule has 0 aromatic heterocycles. The molecule has 1 aliphatic carbocycles. The zero-order valence-electron chi connectivity index (χ0n) is 13.4. The van der Waals surface area contributed by atoms with Gasteiger partial charge in [0, 0.05) is 19.8 Å². The van der Waals surface area contributed by atoms with Gasteiger partial charge in [-0.25, -0.2) is 0 Å². The lowest BCUT2D eigenvalue weighted by Crippen LogP contribution is -2.26. The third kappa shape index (κ3) is 4.80. The van der Waals surface area contributed by atoms with Crippen LogP contribution in [0.15, 0.2) is 24.3 Å². The Kier molecular flexibility index (Phi) is 7.20. The molecule has 0 amide bonds. The van der Waals surface area contributed by atoms with Crippen LogP contribution in [0.3, 0.4) is 0 Å². The second kappa shape index (κ2) is 9.19. The van der Waals surface area contributed by atoms with Gasteiger partial charge in [0.1, 0.15) is 0 Å². The molecule has 1 N–H and O–H groups in total. The number of rotatable bonds is 10. The van der Waals surface area contributed by atoms with Crippen molar-refractivity contribution in [3.8, 4) is 0 Å². The quantitative estimate of drug-likeness (QED) is 0.671. The van der Waals surface area contributed by atoms with E-state index in [-0.39, 0.29) is 0 Å². The zero-order valence-corrected chi connectivity index (χ0v) is 13.4. The second-order valence-corrected chi connectivity index (χ2v) is 5.84. The van der Waals surface area contributed by atoms with Crippen molar-refractivity contribution in [1.29, 1.82) is 0 Å². The van der Waals surface area contributed by atoms with Crippen molar-refractivity contribution in [2.75, 3.05) is 33.5 Å². The summed E-state index contributed by atoms with van der Waals surface area (Å²) in [6.07, 6.45) is 4.75. The van der Waals surface area contributed by atoms with E-state index < -0.39 is 0 Å². The minimum atomic E-state index is 0.528. The van der Waals surface area contributed by atoms with Crippen LogP contribution in [0, 0.1) is 5.92 Å². The van der Waals surface area contributed by atoms with Gasteiger partial charge in [0.15, 0.2) is 0 Å². The van der Waals surface area contributed by atoms with Gasteiger partial charge in [-0.2, -0.15) is 0 Å². The maximum absolute atomic E-state index is 5.58. The molecule has 0 saturated heterocycles. The molecule has 0 fully saturated rings. The Hall–Kier alpha value is -0.900. The van der Waals surface area contributed by atoms with E-state index in [9.17, 15) is 0 Å². The predicted molar refractivity (Wildman–Crippen MR) is 86.6 cm³/mol. The minimum Gasteiger partial charge on any atom is -0.382 e. The van der Waals surface area contributed by atoms with Crippen LogP contribution in [-0.2, 0) is 15.9 Å². The number of ether oxygens (including phenoxy) is 2. The Morgan fingerprint density at radius 1 is 1.19 bits per heavy atom. The van der Waals surface area contributed by atoms with Crippen LogP contribution in [0.1, 0.15) is 43.4 Å². The summed E-state index contributed by atoms with van der Waals surface area (Å²) in [6.45, 7) is 5.57. The average molecular weight is 291 g/mol. The number of fused-ring (bicyclic) bond motifs is 1. The van der Waals surface area contributed by atoms with E-state index in [1.54, 1.807) is 7.11 Å². The third-order valence-electron chi connectivity index (χ3n) is 4.25. The summed E-state index contributed by atoms with van der Waals surface area (Å²) in [5.41, 5.74) is 3.03. The van der Waals surface area contributed by atoms with Crippen LogP contribution >= 0.6 is 0 Å². The van der Waals surface area contributed by atoms with Gasteiger partial charge in [-0.05, 0) is 49.3 Å². The summed E-state index contributed by atoms with van der Waals surface area (Å²) < 4.78 is 10.6. The number of methoxy groups -OCH3 is 1. The van der Waals surface area contributed by atoms with Gasteiger partial charge in [-0.15, -0.1) is 0 Å². The first-order valence-corrected chi connectivity index (χ1v) is 8.24. The molecule has 0 heterocycles. The fraction of sp³-hybridized carbons (Fsp3) is 0.667. The zero-order chi connectivity index (χ0) is 14.9. The van der Waals surface area contributed by atoms with Crippen LogP contribution in [0.25, 0.3) is 0 Å². The maximum atomic E-state index is 5.58. The van der Waals surface area contributed by atoms with Crippen molar-refractivity contribution in [2.45, 2.75) is 38.6 Å². The average Bonchev–Trinajstić information content (AvgIpc) is 2.86. The van der Waals surface area contributed by atoms with Crippen LogP contribution in [0.4, 0.5) is 0 Å². The number of benzene rings is 1. The van der Waals surface area contributed by atoms with Crippen molar-refractivity contribution in [2.24, 2.45) is 5.92 Å². The molecule has 0 aliphatic heterocycles. The van der Waals surface area contributed by atoms with Gasteiger partial charge in [0.2, 0.25) is 0 Å². The molecular formula is C18H29NO2. The normalized spacial score (nSPS) is 20.7. The van der Waals surface area contributed by atoms with Gasteiger partial charge in [0.05, 0.1) is 13.2 Å². The molecule has 0 spiro atoms. The Balaban J connectivity index is 1.81. The van der Waals surface area contributed by atoms with Gasteiger partial charge in [0.25, 0.3) is 0 Å². The summed E-state index contributed by atoms with van der Waals surface area (Å²) in [5.74, 6) is 0.708. The molecule has 1 aromatic rings. The van der Waals surface area contributed by atoms with E-state index in [0.717, 1.165) is 19.6 Å². The van der Waals surface area contributed by atoms with E-state index in [0.29, 0.717) is 25.2 Å². The van der Waals surface area contributed by atoms with Crippen LogP contribution in [0.5, 0.6) is 0 Å². The highest BCUT2D eigenvalue weighted by molar-refractivity contribution is 5.35. The molecule has 21 heavy (non-hydrogen) atoms. The lowest BCUT2D eigenvalue weighted by Gasteiger charge is -2.22. The number of hydrogen-bond acceptors (Lipinski definition) is 3. The van der Waals surface area contributed by atoms with Crippen molar-refractivity contribution in [3.63, 3.8) is 0 Å². The molecule has 2 unspecified atom stereocenters. The highest BCUT2D eigenvalue weighted by Gasteiger charge is 2.30. The lowest BCUT2D eigenvalue weighted by atomic mass is 9.95. The van der Waals surface area contributed by atoms with E-state index in [4.69, 9.17) is 9.47 Å². The molecule has 1 aromatic carbocycles. The van der Waals surface area contributed by atoms with Gasteiger partial charge < -0.3 is 14.8 Å². The molecule has 118 valence electrons. The molecule has 1 aliphatic rings. The van der Waals surface area contributed by atoms with E-state index >= 15 is 0 Å². The van der Waals surface area contributed by atoms with E-state index in [1.807, 2.05) is 0 Å². The predicted octanol–water partition coefficient (Wildman–Crippen LogP) is 3.34. The standard InChI is InChI=1S/C18H29NO2/c1-3-10-19-18-16(8-6-11-21-13-12-20-2)14-15-7-4-5-9-17(15)18/h4-5,7,9,16,18-19H,3,6,8,10-14H2,1-2H3. The fourth-order valence-electron chi connectivity index (χ4n) is 3.21. The summed E-state index contributed by atoms with van der Waals surface area (Å²) in [7, 11) is 1.71. The van der Waals surface area contributed by atoms with Crippen molar-refractivity contribution in [3.05, 3.63) is 35.4 Å². The monoisotopic (exact) mass is 291 g/mol. The summed E-state index contributed by atoms with van der Waals surface area (Å²) >= 11 is 0. The highest BCUT2D eigenvalue weighted by Crippen LogP contribution is 2.38. The summed E-state index contributed by atoms with van der Waals surface area (Å²) in [4.78, 5) is 0. The fourth-order valence-corrected chi connectivity index (χ4v) is 3.21. The first-order valence-electron chi connectivity index (χ1n) is 8.24. The van der Waals surface area contributed by atoms with Crippen LogP contribution in [-0.4, -0.2) is 33.5 Å². The largest absolute Gasteiger partial charge is 0.382 e. The van der Waals surface area contributed by atoms with Gasteiger partial charge in [-0.3, -0.25) is 0 Å². The summed E-state index contributed by atoms with van der Waals surface area (Å²) in [5, 5.41) is 3.74. The Labute approximate surface area is 129 Å². The summed E-state index contributed by atoms with van der Waals surface area (Å²) in [6, 6.07) is 9.42. The SMILES string of the molecule is CCCNC1c2ccccc2CC1CCCOCCOC. The van der Waals surface area contributed by atoms with Crippen molar-refractivity contribution in [1.82, 2.24) is 5.32 Å². The first-order chi connectivity index (χ1) is 10.4. The molecule has 3 heteroatoms. The van der Waals surface area contributed by atoms with Crippen molar-refractivity contribution >= 4 is 0 Å². The lowest BCUT2D eigenvalue weighted by molar-refractivity contribution is 0.0667. The molecule has 2 rings (SSSR count). The molecular weight excluding hydrogens is 262 g/mol. The molecule has 2 atom stereocenters. The minimum absolute atomic E-state index is 0.528. The Bertz CT molecular complexity index is 408. The Morgan fingerprint density at radius 2 is 2.05 bits per heavy atom. The molecule has 3 nitrogen and oxygen atoms in total.